The fourth-order valence-electron chi connectivity index (χ4n) is 6.72. The first-order chi connectivity index (χ1) is 15.4. The van der Waals surface area contributed by atoms with Gasteiger partial charge in [-0.05, 0) is 86.6 Å². The highest BCUT2D eigenvalue weighted by molar-refractivity contribution is 6.09. The van der Waals surface area contributed by atoms with E-state index in [1.807, 2.05) is 29.8 Å². The van der Waals surface area contributed by atoms with E-state index in [1.165, 1.54) is 0 Å². The number of hydrogen-bond donors (Lipinski definition) is 2. The van der Waals surface area contributed by atoms with Gasteiger partial charge in [0.1, 0.15) is 0 Å². The van der Waals surface area contributed by atoms with Crippen molar-refractivity contribution in [3.05, 3.63) is 58.9 Å². The molecule has 2 unspecified atom stereocenters. The van der Waals surface area contributed by atoms with Crippen LogP contribution >= 0.6 is 0 Å². The Morgan fingerprint density at radius 1 is 1.19 bits per heavy atom. The van der Waals surface area contributed by atoms with E-state index < -0.39 is 5.60 Å². The molecule has 170 valence electrons. The number of nitrogens with zero attached hydrogens (tertiary/aromatic N) is 1. The number of ketones is 1. The Morgan fingerprint density at radius 3 is 2.59 bits per heavy atom. The van der Waals surface area contributed by atoms with Crippen LogP contribution in [0.3, 0.4) is 0 Å². The van der Waals surface area contributed by atoms with Gasteiger partial charge < -0.3 is 19.7 Å². The number of aliphatic hydroxyl groups is 1. The maximum atomic E-state index is 13.3. The lowest BCUT2D eigenvalue weighted by molar-refractivity contribution is -0.136. The van der Waals surface area contributed by atoms with Gasteiger partial charge in [-0.15, -0.1) is 0 Å². The Morgan fingerprint density at radius 2 is 1.94 bits per heavy atom. The Balaban J connectivity index is 1.37. The number of rotatable bonds is 7. The van der Waals surface area contributed by atoms with Crippen molar-refractivity contribution in [1.29, 1.82) is 0 Å². The highest BCUT2D eigenvalue weighted by Crippen LogP contribution is 2.55. The number of nitrogens with one attached hydrogen (secondary N) is 1. The molecule has 1 aromatic carbocycles. The fourth-order valence-corrected chi connectivity index (χ4v) is 6.72. The summed E-state index contributed by atoms with van der Waals surface area (Å²) in [6, 6.07) is 9.08. The highest BCUT2D eigenvalue weighted by Gasteiger charge is 2.55. The van der Waals surface area contributed by atoms with Crippen LogP contribution in [0.4, 0.5) is 0 Å². The molecule has 2 atom stereocenters. The summed E-state index contributed by atoms with van der Waals surface area (Å²) < 4.78 is 7.27. The van der Waals surface area contributed by atoms with Crippen molar-refractivity contribution in [3.63, 3.8) is 0 Å². The predicted octanol–water partition coefficient (Wildman–Crippen LogP) is 3.55. The van der Waals surface area contributed by atoms with Crippen LogP contribution < -0.4 is 5.32 Å². The van der Waals surface area contributed by atoms with Gasteiger partial charge in [-0.25, -0.2) is 0 Å². The van der Waals surface area contributed by atoms with E-state index in [2.05, 4.69) is 5.32 Å². The molecular weight excluding hydrogens is 404 g/mol. The first-order valence-corrected chi connectivity index (χ1v) is 11.8. The zero-order valence-electron chi connectivity index (χ0n) is 18.8. The number of methoxy groups -OCH3 is 1. The summed E-state index contributed by atoms with van der Waals surface area (Å²) >= 11 is 0. The smallest absolute Gasteiger partial charge is 0.251 e. The number of aryl methyl sites for hydroxylation is 1. The molecule has 4 aliphatic carbocycles. The third-order valence-corrected chi connectivity index (χ3v) is 7.85. The molecule has 0 spiro atoms. The standard InChI is InChI=1S/C26H32N2O4/c1-3-28-8-4-5-22(28)24(29)17-6-7-21(20(11-17)15-32-2)25(30)27-23-18-9-16-10-19(23)14-26(31,12-16)13-18/h4-8,11,16,18-19,23,31H,3,9-10,12-15H2,1-2H3,(H,27,30). The molecule has 2 N–H and O–H groups in total. The van der Waals surface area contributed by atoms with Crippen LogP contribution in [-0.4, -0.2) is 40.1 Å². The van der Waals surface area contributed by atoms with Crippen molar-refractivity contribution in [2.24, 2.45) is 17.8 Å². The molecule has 1 heterocycles. The average Bonchev–Trinajstić information content (AvgIpc) is 3.23. The van der Waals surface area contributed by atoms with Crippen LogP contribution in [0.25, 0.3) is 0 Å². The molecule has 4 bridgehead atoms. The fraction of sp³-hybridized carbons (Fsp3) is 0.538. The quantitative estimate of drug-likeness (QED) is 0.651. The monoisotopic (exact) mass is 436 g/mol. The molecule has 6 nitrogen and oxygen atoms in total. The van der Waals surface area contributed by atoms with Gasteiger partial charge in [0.25, 0.3) is 5.91 Å². The Kier molecular flexibility index (Phi) is 5.46. The van der Waals surface area contributed by atoms with Crippen LogP contribution in [0.5, 0.6) is 0 Å². The predicted molar refractivity (Wildman–Crippen MR) is 120 cm³/mol. The molecule has 4 fully saturated rings. The van der Waals surface area contributed by atoms with E-state index in [9.17, 15) is 14.7 Å². The van der Waals surface area contributed by atoms with Gasteiger partial charge >= 0.3 is 0 Å². The molecular formula is C26H32N2O4. The third kappa shape index (κ3) is 3.69. The van der Waals surface area contributed by atoms with E-state index in [4.69, 9.17) is 4.74 Å². The first-order valence-electron chi connectivity index (χ1n) is 11.8. The summed E-state index contributed by atoms with van der Waals surface area (Å²) in [7, 11) is 1.59. The maximum Gasteiger partial charge on any atom is 0.251 e. The summed E-state index contributed by atoms with van der Waals surface area (Å²) in [5, 5.41) is 14.1. The second-order valence-electron chi connectivity index (χ2n) is 10.0. The van der Waals surface area contributed by atoms with Gasteiger partial charge in [-0.3, -0.25) is 9.59 Å². The number of benzene rings is 1. The lowest BCUT2D eigenvalue weighted by Gasteiger charge is -2.58. The molecule has 0 aliphatic heterocycles. The SMILES string of the molecule is CCn1cccc1C(=O)c1ccc(C(=O)NC2C3CC4CC2CC(O)(C4)C3)c(COC)c1. The number of amides is 1. The van der Waals surface area contributed by atoms with E-state index in [-0.39, 0.29) is 24.3 Å². The molecule has 1 aromatic heterocycles. The minimum absolute atomic E-state index is 0.0598. The summed E-state index contributed by atoms with van der Waals surface area (Å²) in [5.74, 6) is 1.13. The van der Waals surface area contributed by atoms with E-state index in [0.717, 1.165) is 38.6 Å². The average molecular weight is 437 g/mol. The van der Waals surface area contributed by atoms with Crippen molar-refractivity contribution in [2.45, 2.75) is 63.8 Å². The Hall–Kier alpha value is -2.44. The van der Waals surface area contributed by atoms with Crippen LogP contribution in [0.15, 0.2) is 36.5 Å². The van der Waals surface area contributed by atoms with Gasteiger partial charge in [0.15, 0.2) is 0 Å². The number of carbonyl (C=O) groups is 2. The van der Waals surface area contributed by atoms with Gasteiger partial charge in [0.2, 0.25) is 5.78 Å². The lowest BCUT2D eigenvalue weighted by Crippen LogP contribution is -2.61. The molecule has 0 saturated heterocycles. The summed E-state index contributed by atoms with van der Waals surface area (Å²) in [6.45, 7) is 2.99. The molecule has 32 heavy (non-hydrogen) atoms. The molecule has 6 heteroatoms. The van der Waals surface area contributed by atoms with Crippen molar-refractivity contribution in [2.75, 3.05) is 7.11 Å². The van der Waals surface area contributed by atoms with Gasteiger partial charge in [0, 0.05) is 37.0 Å². The van der Waals surface area contributed by atoms with Crippen molar-refractivity contribution >= 4 is 11.7 Å². The normalized spacial score (nSPS) is 30.5. The van der Waals surface area contributed by atoms with E-state index in [0.29, 0.717) is 40.1 Å². The topological polar surface area (TPSA) is 80.6 Å². The third-order valence-electron chi connectivity index (χ3n) is 7.85. The van der Waals surface area contributed by atoms with Crippen LogP contribution in [0, 0.1) is 17.8 Å². The summed E-state index contributed by atoms with van der Waals surface area (Å²) in [5.41, 5.74) is 1.95. The molecule has 6 rings (SSSR count). The molecule has 1 amide bonds. The number of aromatic nitrogens is 1. The van der Waals surface area contributed by atoms with Crippen LogP contribution in [0.2, 0.25) is 0 Å². The van der Waals surface area contributed by atoms with Crippen molar-refractivity contribution < 1.29 is 19.4 Å². The van der Waals surface area contributed by atoms with Crippen molar-refractivity contribution in [1.82, 2.24) is 9.88 Å². The molecule has 2 aromatic rings. The van der Waals surface area contributed by atoms with E-state index in [1.54, 1.807) is 25.3 Å². The second kappa shape index (κ2) is 8.16. The van der Waals surface area contributed by atoms with Gasteiger partial charge in [-0.2, -0.15) is 0 Å². The minimum atomic E-state index is -0.517. The van der Waals surface area contributed by atoms with Crippen LogP contribution in [-0.2, 0) is 17.9 Å². The van der Waals surface area contributed by atoms with Gasteiger partial charge in [-0.1, -0.05) is 6.07 Å². The zero-order chi connectivity index (χ0) is 22.5. The highest BCUT2D eigenvalue weighted by atomic mass is 16.5. The van der Waals surface area contributed by atoms with Crippen LogP contribution in [0.1, 0.15) is 71.0 Å². The van der Waals surface area contributed by atoms with E-state index >= 15 is 0 Å². The Bertz CT molecular complexity index is 1030. The zero-order valence-corrected chi connectivity index (χ0v) is 18.8. The number of carbonyl (C=O) groups excluding carboxylic acids is 2. The maximum absolute atomic E-state index is 13.3. The largest absolute Gasteiger partial charge is 0.390 e. The Labute approximate surface area is 189 Å². The van der Waals surface area contributed by atoms with Gasteiger partial charge in [0.05, 0.1) is 17.9 Å². The lowest BCUT2D eigenvalue weighted by atomic mass is 9.52. The summed E-state index contributed by atoms with van der Waals surface area (Å²) in [4.78, 5) is 26.4. The number of hydrogen-bond acceptors (Lipinski definition) is 4. The van der Waals surface area contributed by atoms with Crippen molar-refractivity contribution in [3.8, 4) is 0 Å². The molecule has 4 aliphatic rings. The number of ether oxygens (including phenoxy) is 1. The minimum Gasteiger partial charge on any atom is -0.390 e. The summed E-state index contributed by atoms with van der Waals surface area (Å²) in [6.07, 6.45) is 6.60. The molecule has 4 saturated carbocycles. The first kappa shape index (κ1) is 21.4. The second-order valence-corrected chi connectivity index (χ2v) is 10.0. The molecule has 0 radical (unpaired) electrons.